The van der Waals surface area contributed by atoms with Crippen LogP contribution in [0, 0.1) is 0 Å². The van der Waals surface area contributed by atoms with Crippen molar-refractivity contribution in [3.63, 3.8) is 0 Å². The van der Waals surface area contributed by atoms with Crippen molar-refractivity contribution in [2.45, 2.75) is 145 Å². The molecule has 0 aliphatic carbocycles. The fraction of sp³-hybridized carbons (Fsp3) is 0.368. The summed E-state index contributed by atoms with van der Waals surface area (Å²) in [6.07, 6.45) is -18.7. The molecule has 16 atom stereocenters. The van der Waals surface area contributed by atoms with Gasteiger partial charge in [0, 0.05) is 18.8 Å². The lowest BCUT2D eigenvalue weighted by Gasteiger charge is -2.49. The molecule has 4 heterocycles. The van der Waals surface area contributed by atoms with Gasteiger partial charge in [-0.3, -0.25) is 0 Å². The predicted octanol–water partition coefficient (Wildman–Crippen LogP) is 11.1. The van der Waals surface area contributed by atoms with Gasteiger partial charge in [-0.1, -0.05) is 166 Å². The van der Waals surface area contributed by atoms with E-state index in [9.17, 15) is 28.8 Å². The zero-order chi connectivity index (χ0) is 67.5. The van der Waals surface area contributed by atoms with Crippen LogP contribution >= 0.6 is 0 Å². The highest BCUT2D eigenvalue weighted by atomic mass is 16.8. The first kappa shape index (κ1) is 69.4. The summed E-state index contributed by atoms with van der Waals surface area (Å²) in [6.45, 7) is 4.72. The predicted molar refractivity (Wildman–Crippen MR) is 347 cm³/mol. The second-order valence-corrected chi connectivity index (χ2v) is 23.6. The lowest BCUT2D eigenvalue weighted by atomic mass is 9.94. The van der Waals surface area contributed by atoms with Gasteiger partial charge in [-0.25, -0.2) is 28.8 Å². The molecule has 0 radical (unpaired) electrons. The molecule has 4 aliphatic rings. The number of unbranched alkanes of at least 4 members (excludes halogenated alkanes) is 2. The summed E-state index contributed by atoms with van der Waals surface area (Å²) in [5.41, 5.74) is 1.74. The second kappa shape index (κ2) is 34.3. The molecule has 0 bridgehead atoms. The van der Waals surface area contributed by atoms with E-state index in [0.29, 0.717) is 31.2 Å². The average Bonchev–Trinajstić information content (AvgIpc) is 0.785. The standard InChI is InChI=1S/C76H78O21/c1-4-6-43-83-60-56(88-48(3)59(91-68(77)49-29-15-8-16-30-49)63(60)92-69(78)50-31-17-9-18-32-50)45-86-75-66(95-72(81)53-37-23-12-24-38-53)64(93-70(79)51-33-19-10-20-34-51)61(84-44-7-5-2)57(89-75)46-87-76-67(96-73(82)54-39-25-13-26-40-54)65(94-71(80)52-35-21-11-22-36-52)62-58(90-76)47-85-74(97-62)55-41-27-14-28-42-55/h8-42,48,56-67,74-76H,4-7,43-47H2,1-3H3/t48-,56?,57?,58?,59+,60+,61+,62+,63?,64-,65-,66?,67?,74?,75+,76+/m0/s1. The van der Waals surface area contributed by atoms with Crippen molar-refractivity contribution in [3.8, 4) is 0 Å². The number of esters is 6. The first-order valence-electron chi connectivity index (χ1n) is 32.8. The van der Waals surface area contributed by atoms with Crippen LogP contribution in [0.3, 0.4) is 0 Å². The molecule has 4 saturated heterocycles. The van der Waals surface area contributed by atoms with Gasteiger partial charge in [0.2, 0.25) is 0 Å². The van der Waals surface area contributed by atoms with Crippen molar-refractivity contribution in [2.24, 2.45) is 0 Å². The molecule has 0 spiro atoms. The number of rotatable bonds is 27. The quantitative estimate of drug-likeness (QED) is 0.0264. The SMILES string of the molecule is CCCCO[C@@H]1C(CO[C@@H]2OC(CO[C@@H]3OC4COC(c5ccccc5)O[C@H]4[C@H](OC(=O)c4ccccc4)C3OC(=O)c3ccccc3)[C@@H](OCCCC)[C@H](OC(=O)c3ccccc3)C2OC(=O)c2ccccc2)O[C@@H](C)[C@@H](OC(=O)c2ccccc2)C1OC(=O)c1ccccc1. The maximum atomic E-state index is 14.7. The molecule has 4 fully saturated rings. The van der Waals surface area contributed by atoms with E-state index in [-0.39, 0.29) is 53.2 Å². The van der Waals surface area contributed by atoms with Crippen LogP contribution in [-0.2, 0) is 71.1 Å². The van der Waals surface area contributed by atoms with Gasteiger partial charge in [-0.2, -0.15) is 0 Å². The zero-order valence-corrected chi connectivity index (χ0v) is 53.9. The lowest BCUT2D eigenvalue weighted by molar-refractivity contribution is -0.368. The van der Waals surface area contributed by atoms with Crippen molar-refractivity contribution in [2.75, 3.05) is 33.0 Å². The average molecular weight is 1330 g/mol. The molecule has 4 aliphatic heterocycles. The van der Waals surface area contributed by atoms with Gasteiger partial charge in [0.05, 0.1) is 59.3 Å². The molecule has 21 nitrogen and oxygen atoms in total. The number of hydrogen-bond donors (Lipinski definition) is 0. The van der Waals surface area contributed by atoms with E-state index in [1.54, 1.807) is 189 Å². The monoisotopic (exact) mass is 1330 g/mol. The van der Waals surface area contributed by atoms with Crippen molar-refractivity contribution in [3.05, 3.63) is 251 Å². The third-order valence-electron chi connectivity index (χ3n) is 16.8. The Balaban J connectivity index is 0.973. The summed E-state index contributed by atoms with van der Waals surface area (Å²) in [4.78, 5) is 86.4. The zero-order valence-electron chi connectivity index (χ0n) is 53.9. The van der Waals surface area contributed by atoms with Crippen LogP contribution < -0.4 is 0 Å². The Morgan fingerprint density at radius 1 is 0.351 bits per heavy atom. The molecule has 21 heteroatoms. The van der Waals surface area contributed by atoms with E-state index in [2.05, 4.69) is 0 Å². The van der Waals surface area contributed by atoms with E-state index in [1.807, 2.05) is 44.2 Å². The summed E-state index contributed by atoms with van der Waals surface area (Å²) >= 11 is 0. The summed E-state index contributed by atoms with van der Waals surface area (Å²) in [6, 6.07) is 58.6. The van der Waals surface area contributed by atoms with Gasteiger partial charge in [0.25, 0.3) is 0 Å². The molecule has 11 rings (SSSR count). The van der Waals surface area contributed by atoms with Gasteiger partial charge in [-0.05, 0) is 92.6 Å². The van der Waals surface area contributed by atoms with Crippen molar-refractivity contribution < 1.29 is 99.8 Å². The first-order chi connectivity index (χ1) is 47.4. The Bertz CT molecular complexity index is 3630. The normalized spacial score (nSPS) is 26.8. The highest BCUT2D eigenvalue weighted by Gasteiger charge is 2.58. The van der Waals surface area contributed by atoms with Crippen LogP contribution in [0.4, 0.5) is 0 Å². The number of hydrogen-bond acceptors (Lipinski definition) is 21. The number of ether oxygens (including phenoxy) is 15. The van der Waals surface area contributed by atoms with Crippen LogP contribution in [-0.4, -0.2) is 161 Å². The van der Waals surface area contributed by atoms with Gasteiger partial charge < -0.3 is 71.1 Å². The maximum Gasteiger partial charge on any atom is 0.338 e. The molecular formula is C76H78O21. The Hall–Kier alpha value is -9.00. The molecule has 7 unspecified atom stereocenters. The molecule has 508 valence electrons. The van der Waals surface area contributed by atoms with E-state index in [1.165, 1.54) is 0 Å². The third-order valence-corrected chi connectivity index (χ3v) is 16.8. The highest BCUT2D eigenvalue weighted by molar-refractivity contribution is 5.92. The lowest BCUT2D eigenvalue weighted by Crippen LogP contribution is -2.66. The number of benzene rings is 7. The van der Waals surface area contributed by atoms with Gasteiger partial charge in [0.1, 0.15) is 36.6 Å². The van der Waals surface area contributed by atoms with Gasteiger partial charge in [0.15, 0.2) is 55.5 Å². The van der Waals surface area contributed by atoms with Gasteiger partial charge in [-0.15, -0.1) is 0 Å². The number of carbonyl (C=O) groups excluding carboxylic acids is 6. The fourth-order valence-electron chi connectivity index (χ4n) is 11.8. The van der Waals surface area contributed by atoms with E-state index in [4.69, 9.17) is 71.1 Å². The smallest absolute Gasteiger partial charge is 0.338 e. The Kier molecular flexibility index (Phi) is 24.5. The van der Waals surface area contributed by atoms with E-state index < -0.39 is 147 Å². The minimum absolute atomic E-state index is 0.0741. The molecular weight excluding hydrogens is 1250 g/mol. The van der Waals surface area contributed by atoms with Crippen molar-refractivity contribution in [1.29, 1.82) is 0 Å². The minimum atomic E-state index is -1.70. The first-order valence-corrected chi connectivity index (χ1v) is 32.8. The van der Waals surface area contributed by atoms with Crippen LogP contribution in [0.1, 0.15) is 120 Å². The molecule has 0 N–H and O–H groups in total. The largest absolute Gasteiger partial charge is 0.452 e. The topological polar surface area (TPSA) is 241 Å². The third kappa shape index (κ3) is 17.8. The second-order valence-electron chi connectivity index (χ2n) is 23.6. The van der Waals surface area contributed by atoms with E-state index >= 15 is 0 Å². The molecule has 97 heavy (non-hydrogen) atoms. The summed E-state index contributed by atoms with van der Waals surface area (Å²) in [5.74, 6) is -4.70. The minimum Gasteiger partial charge on any atom is -0.452 e. The summed E-state index contributed by atoms with van der Waals surface area (Å²) < 4.78 is 99.0. The van der Waals surface area contributed by atoms with Crippen LogP contribution in [0.15, 0.2) is 212 Å². The van der Waals surface area contributed by atoms with Crippen LogP contribution in [0.5, 0.6) is 0 Å². The maximum absolute atomic E-state index is 14.7. The molecule has 7 aromatic rings. The molecule has 7 aromatic carbocycles. The Morgan fingerprint density at radius 3 is 1.06 bits per heavy atom. The van der Waals surface area contributed by atoms with E-state index in [0.717, 1.165) is 0 Å². The van der Waals surface area contributed by atoms with Crippen molar-refractivity contribution in [1.82, 2.24) is 0 Å². The highest BCUT2D eigenvalue weighted by Crippen LogP contribution is 2.40. The molecule has 0 amide bonds. The van der Waals surface area contributed by atoms with Crippen LogP contribution in [0.25, 0.3) is 0 Å². The molecule has 0 aromatic heterocycles. The molecule has 0 saturated carbocycles. The summed E-state index contributed by atoms with van der Waals surface area (Å²) in [7, 11) is 0. The number of fused-ring (bicyclic) bond motifs is 1. The fourth-order valence-corrected chi connectivity index (χ4v) is 11.8. The van der Waals surface area contributed by atoms with Crippen molar-refractivity contribution >= 4 is 35.8 Å². The Morgan fingerprint density at radius 2 is 0.670 bits per heavy atom. The summed E-state index contributed by atoms with van der Waals surface area (Å²) in [5, 5.41) is 0. The Labute approximate surface area is 562 Å². The van der Waals surface area contributed by atoms with Crippen LogP contribution in [0.2, 0.25) is 0 Å². The number of carbonyl (C=O) groups is 6. The van der Waals surface area contributed by atoms with Gasteiger partial charge >= 0.3 is 35.8 Å².